The molecule has 0 fully saturated rings. The third-order valence-electron chi connectivity index (χ3n) is 5.66. The van der Waals surface area contributed by atoms with Gasteiger partial charge in [-0.1, -0.05) is 55.0 Å². The number of phenols is 1. The van der Waals surface area contributed by atoms with Crippen LogP contribution in [0.2, 0.25) is 0 Å². The number of aromatic nitrogens is 1. The summed E-state index contributed by atoms with van der Waals surface area (Å²) in [5.74, 6) is 0.986. The third-order valence-corrected chi connectivity index (χ3v) is 5.66. The summed E-state index contributed by atoms with van der Waals surface area (Å²) in [6, 6.07) is 15.2. The summed E-state index contributed by atoms with van der Waals surface area (Å²) >= 11 is 0. The van der Waals surface area contributed by atoms with Crippen molar-refractivity contribution >= 4 is 17.6 Å². The summed E-state index contributed by atoms with van der Waals surface area (Å²) in [4.78, 5) is 4.44. The lowest BCUT2D eigenvalue weighted by Crippen LogP contribution is -2.73. The quantitative estimate of drug-likeness (QED) is 0.214. The normalized spacial score (nSPS) is 12.8. The molecule has 1 atom stereocenters. The summed E-state index contributed by atoms with van der Waals surface area (Å²) < 4.78 is 0. The number of aryl methyl sites for hydroxylation is 1. The second kappa shape index (κ2) is 10.8. The fourth-order valence-electron chi connectivity index (χ4n) is 3.46. The number of phenolic OH excluding ortho intramolecular Hbond substituents is 1. The smallest absolute Gasteiger partial charge is 0.161 e. The van der Waals surface area contributed by atoms with Crippen LogP contribution in [-0.4, -0.2) is 15.3 Å². The van der Waals surface area contributed by atoms with Crippen LogP contribution in [0, 0.1) is 13.8 Å². The number of nitrogens with zero attached hydrogens (tertiary/aromatic N) is 1. The highest BCUT2D eigenvalue weighted by atomic mass is 16.5. The first kappa shape index (κ1) is 23.3. The van der Waals surface area contributed by atoms with Crippen LogP contribution in [0.5, 0.6) is 5.75 Å². The Balaban J connectivity index is 2.02. The van der Waals surface area contributed by atoms with Crippen molar-refractivity contribution in [3.63, 3.8) is 0 Å². The molecule has 0 spiro atoms. The Labute approximate surface area is 190 Å². The van der Waals surface area contributed by atoms with Crippen LogP contribution in [0.3, 0.4) is 0 Å². The number of nitrogens with one attached hydrogen (secondary N) is 1. The molecule has 0 aliphatic carbocycles. The molecule has 1 aromatic heterocycles. The molecular weight excluding hydrogens is 398 g/mol. The molecule has 5 heteroatoms. The molecule has 2 aromatic carbocycles. The van der Waals surface area contributed by atoms with E-state index in [-0.39, 0.29) is 11.8 Å². The van der Waals surface area contributed by atoms with Crippen molar-refractivity contribution in [3.05, 3.63) is 100 Å². The Morgan fingerprint density at radius 3 is 2.53 bits per heavy atom. The van der Waals surface area contributed by atoms with E-state index in [0.717, 1.165) is 51.2 Å². The van der Waals surface area contributed by atoms with Crippen LogP contribution >= 0.6 is 0 Å². The first-order chi connectivity index (χ1) is 15.4. The van der Waals surface area contributed by atoms with Crippen LogP contribution in [-0.2, 0) is 0 Å². The van der Waals surface area contributed by atoms with Crippen LogP contribution in [0.15, 0.2) is 72.5 Å². The maximum Gasteiger partial charge on any atom is 0.161 e. The average molecular weight is 431 g/mol. The second-order valence-corrected chi connectivity index (χ2v) is 8.03. The first-order valence-corrected chi connectivity index (χ1v) is 10.9. The van der Waals surface area contributed by atoms with Crippen molar-refractivity contribution in [2.45, 2.75) is 40.2 Å². The van der Waals surface area contributed by atoms with E-state index >= 15 is 0 Å². The molecule has 1 heterocycles. The molecule has 3 aromatic rings. The van der Waals surface area contributed by atoms with Crippen LogP contribution in [0.25, 0.3) is 6.08 Å². The predicted molar refractivity (Wildman–Crippen MR) is 130 cm³/mol. The van der Waals surface area contributed by atoms with Gasteiger partial charge in [-0.05, 0) is 61.6 Å². The Kier molecular flexibility index (Phi) is 7.82. The molecule has 32 heavy (non-hydrogen) atoms. The van der Waals surface area contributed by atoms with Gasteiger partial charge in [-0.15, -0.1) is 0 Å². The lowest BCUT2D eigenvalue weighted by molar-refractivity contribution is -0.825. The van der Waals surface area contributed by atoms with Crippen molar-refractivity contribution in [2.75, 3.05) is 5.32 Å². The molecule has 0 saturated carbocycles. The number of hydrogen-bond acceptors (Lipinski definition) is 4. The fourth-order valence-corrected chi connectivity index (χ4v) is 3.46. The average Bonchev–Trinajstić information content (AvgIpc) is 2.80. The van der Waals surface area contributed by atoms with Crippen LogP contribution < -0.4 is 10.8 Å². The molecule has 5 N–H and O–H groups in total. The zero-order chi connectivity index (χ0) is 23.1. The highest BCUT2D eigenvalue weighted by molar-refractivity contribution is 5.62. The van der Waals surface area contributed by atoms with Gasteiger partial charge in [-0.25, -0.2) is 10.2 Å². The van der Waals surface area contributed by atoms with Crippen LogP contribution in [0.4, 0.5) is 11.5 Å². The molecule has 0 saturated heterocycles. The third kappa shape index (κ3) is 5.63. The van der Waals surface area contributed by atoms with Crippen molar-refractivity contribution in [1.29, 1.82) is 0 Å². The number of pyridine rings is 1. The number of hydrogen-bond donors (Lipinski definition) is 4. The molecule has 0 amide bonds. The number of nitrogens with two attached hydrogens (primary N) is 1. The van der Waals surface area contributed by atoms with Gasteiger partial charge >= 0.3 is 0 Å². The minimum atomic E-state index is -0.309. The van der Waals surface area contributed by atoms with E-state index in [0.29, 0.717) is 0 Å². The van der Waals surface area contributed by atoms with E-state index in [4.69, 9.17) is 0 Å². The van der Waals surface area contributed by atoms with Gasteiger partial charge in [0.25, 0.3) is 0 Å². The molecule has 0 bridgehead atoms. The topological polar surface area (TPSA) is 82.0 Å². The summed E-state index contributed by atoms with van der Waals surface area (Å²) in [6.07, 6.45) is 8.92. The number of aromatic hydroxyl groups is 1. The zero-order valence-electron chi connectivity index (χ0n) is 19.1. The number of benzene rings is 2. The second-order valence-electron chi connectivity index (χ2n) is 8.03. The van der Waals surface area contributed by atoms with Crippen molar-refractivity contribution in [3.8, 4) is 5.75 Å². The summed E-state index contributed by atoms with van der Waals surface area (Å²) in [6.45, 7) is 8.19. The summed E-state index contributed by atoms with van der Waals surface area (Å²) in [5, 5.41) is 23.9. The predicted octanol–water partition coefficient (Wildman–Crippen LogP) is 5.56. The standard InChI is InChI=1S/C27H31N3O2/c1-5-18(2)7-6-8-21-11-14-24(27(31)20(21)4)26(22-9-12-23(30-32)13-10-22)29-25-17-19(3)15-16-28-25/h6-17,26,30-32H,5H2,1-4H3,(H,28,29)/p+1/b8-6-,18-7?. The molecule has 3 rings (SSSR count). The molecule has 5 nitrogen and oxygen atoms in total. The molecular formula is C27H32N3O2+. The van der Waals surface area contributed by atoms with Crippen molar-refractivity contribution < 1.29 is 15.8 Å². The summed E-state index contributed by atoms with van der Waals surface area (Å²) in [7, 11) is 0. The highest BCUT2D eigenvalue weighted by Gasteiger charge is 2.20. The van der Waals surface area contributed by atoms with Crippen molar-refractivity contribution in [2.24, 2.45) is 0 Å². The van der Waals surface area contributed by atoms with Gasteiger partial charge in [-0.3, -0.25) is 0 Å². The first-order valence-electron chi connectivity index (χ1n) is 10.9. The molecule has 1 unspecified atom stereocenters. The largest absolute Gasteiger partial charge is 0.507 e. The monoisotopic (exact) mass is 430 g/mol. The fraction of sp³-hybridized carbons (Fsp3) is 0.222. The number of allylic oxidation sites excluding steroid dienone is 3. The lowest BCUT2D eigenvalue weighted by Gasteiger charge is -2.23. The SMILES string of the molecule is CCC(C)=C/C=C\c1ccc(C(Nc2cc(C)ccn2)c2ccc([NH2+]O)cc2)c(O)c1C. The lowest BCUT2D eigenvalue weighted by atomic mass is 9.93. The van der Waals surface area contributed by atoms with Crippen molar-refractivity contribution in [1.82, 2.24) is 4.98 Å². The number of anilines is 1. The molecule has 0 aliphatic heterocycles. The zero-order valence-corrected chi connectivity index (χ0v) is 19.1. The maximum absolute atomic E-state index is 11.1. The van der Waals surface area contributed by atoms with E-state index in [1.54, 1.807) is 6.20 Å². The van der Waals surface area contributed by atoms with E-state index in [9.17, 15) is 10.3 Å². The van der Waals surface area contributed by atoms with Gasteiger partial charge in [0, 0.05) is 23.9 Å². The highest BCUT2D eigenvalue weighted by Crippen LogP contribution is 2.36. The van der Waals surface area contributed by atoms with Gasteiger partial charge < -0.3 is 10.4 Å². The molecule has 0 aliphatic rings. The Bertz CT molecular complexity index is 1120. The van der Waals surface area contributed by atoms with Crippen LogP contribution in [0.1, 0.15) is 54.1 Å². The van der Waals surface area contributed by atoms with E-state index in [2.05, 4.69) is 30.2 Å². The Morgan fingerprint density at radius 2 is 1.88 bits per heavy atom. The Hall–Kier alpha value is -3.41. The van der Waals surface area contributed by atoms with Gasteiger partial charge in [0.15, 0.2) is 5.69 Å². The summed E-state index contributed by atoms with van der Waals surface area (Å²) in [5.41, 5.74) is 7.72. The van der Waals surface area contributed by atoms with Gasteiger partial charge in [-0.2, -0.15) is 5.48 Å². The molecule has 0 radical (unpaired) electrons. The Morgan fingerprint density at radius 1 is 1.12 bits per heavy atom. The maximum atomic E-state index is 11.1. The van der Waals surface area contributed by atoms with Gasteiger partial charge in [0.05, 0.1) is 6.04 Å². The van der Waals surface area contributed by atoms with E-state index in [1.807, 2.05) is 74.5 Å². The van der Waals surface area contributed by atoms with E-state index in [1.165, 1.54) is 5.57 Å². The number of rotatable bonds is 8. The minimum Gasteiger partial charge on any atom is -0.507 e. The van der Waals surface area contributed by atoms with E-state index < -0.39 is 0 Å². The minimum absolute atomic E-state index is 0.256. The van der Waals surface area contributed by atoms with Gasteiger partial charge in [0.2, 0.25) is 0 Å². The molecule has 166 valence electrons. The van der Waals surface area contributed by atoms with Gasteiger partial charge in [0.1, 0.15) is 11.6 Å². The number of quaternary nitrogens is 1.